The van der Waals surface area contributed by atoms with Gasteiger partial charge in [0.2, 0.25) is 6.79 Å². The molecule has 1 heterocycles. The predicted octanol–water partition coefficient (Wildman–Crippen LogP) is 5.83. The lowest BCUT2D eigenvalue weighted by atomic mass is 9.87. The first-order valence-corrected chi connectivity index (χ1v) is 11.1. The Morgan fingerprint density at radius 1 is 0.938 bits per heavy atom. The first kappa shape index (κ1) is 21.9. The Labute approximate surface area is 189 Å². The zero-order valence-corrected chi connectivity index (χ0v) is 18.5. The van der Waals surface area contributed by atoms with Crippen molar-refractivity contribution in [3.05, 3.63) is 95.6 Å². The second-order valence-corrected chi connectivity index (χ2v) is 8.16. The molecule has 0 radical (unpaired) electrons. The number of nitrogens with zero attached hydrogens (tertiary/aromatic N) is 1. The summed E-state index contributed by atoms with van der Waals surface area (Å²) in [4.78, 5) is 14.7. The van der Waals surface area contributed by atoms with Gasteiger partial charge in [-0.15, -0.1) is 0 Å². The molecular formula is C27H29NO4. The van der Waals surface area contributed by atoms with Crippen LogP contribution in [0.15, 0.2) is 78.9 Å². The molecule has 0 aromatic heterocycles. The minimum absolute atomic E-state index is 0.000212. The van der Waals surface area contributed by atoms with Crippen molar-refractivity contribution in [2.24, 2.45) is 5.92 Å². The summed E-state index contributed by atoms with van der Waals surface area (Å²) in [5, 5.41) is 10.2. The minimum Gasteiger partial charge on any atom is -0.481 e. The lowest BCUT2D eigenvalue weighted by Crippen LogP contribution is -2.38. The van der Waals surface area contributed by atoms with Gasteiger partial charge in [-0.05, 0) is 42.2 Å². The van der Waals surface area contributed by atoms with Crippen molar-refractivity contribution in [2.75, 3.05) is 6.79 Å². The number of hydrogen-bond donors (Lipinski definition) is 1. The Morgan fingerprint density at radius 3 is 2.25 bits per heavy atom. The molecule has 1 N–H and O–H groups in total. The number of carboxylic acids is 1. The SMILES string of the molecule is CCC(C(=O)O)[C@H](c1ccc2c(c1)OCO2)N(Cc1ccccc1)[C@@H](C)c1ccccc1. The van der Waals surface area contributed by atoms with Crippen molar-refractivity contribution in [3.63, 3.8) is 0 Å². The molecule has 0 saturated heterocycles. The summed E-state index contributed by atoms with van der Waals surface area (Å²) in [7, 11) is 0. The third kappa shape index (κ3) is 4.63. The second-order valence-electron chi connectivity index (χ2n) is 8.16. The van der Waals surface area contributed by atoms with Crippen LogP contribution < -0.4 is 9.47 Å². The van der Waals surface area contributed by atoms with Crippen molar-refractivity contribution in [2.45, 2.75) is 38.9 Å². The number of aliphatic carboxylic acids is 1. The number of carbonyl (C=O) groups is 1. The lowest BCUT2D eigenvalue weighted by molar-refractivity contribution is -0.145. The molecule has 3 aromatic carbocycles. The van der Waals surface area contributed by atoms with E-state index in [2.05, 4.69) is 36.1 Å². The molecule has 32 heavy (non-hydrogen) atoms. The molecule has 3 aromatic rings. The highest BCUT2D eigenvalue weighted by atomic mass is 16.7. The van der Waals surface area contributed by atoms with Crippen LogP contribution in [0.3, 0.4) is 0 Å². The van der Waals surface area contributed by atoms with Gasteiger partial charge in [-0.25, -0.2) is 0 Å². The maximum absolute atomic E-state index is 12.4. The van der Waals surface area contributed by atoms with E-state index in [9.17, 15) is 9.90 Å². The molecule has 1 unspecified atom stereocenters. The van der Waals surface area contributed by atoms with Crippen molar-refractivity contribution >= 4 is 5.97 Å². The van der Waals surface area contributed by atoms with Gasteiger partial charge in [-0.2, -0.15) is 0 Å². The molecule has 0 fully saturated rings. The van der Waals surface area contributed by atoms with E-state index in [1.165, 1.54) is 0 Å². The van der Waals surface area contributed by atoms with E-state index in [1.807, 2.05) is 61.5 Å². The fourth-order valence-corrected chi connectivity index (χ4v) is 4.48. The fraction of sp³-hybridized carbons (Fsp3) is 0.296. The standard InChI is InChI=1S/C27H29NO4/c1-3-23(27(29)30)26(22-14-15-24-25(16-22)32-18-31-24)28(17-20-10-6-4-7-11-20)19(2)21-12-8-5-9-13-21/h4-16,19,23,26H,3,17-18H2,1-2H3,(H,29,30)/t19-,23?,26-/m0/s1. The molecule has 166 valence electrons. The van der Waals surface area contributed by atoms with Gasteiger partial charge in [0.15, 0.2) is 11.5 Å². The largest absolute Gasteiger partial charge is 0.481 e. The molecule has 5 heteroatoms. The van der Waals surface area contributed by atoms with Crippen molar-refractivity contribution in [1.82, 2.24) is 4.90 Å². The monoisotopic (exact) mass is 431 g/mol. The lowest BCUT2D eigenvalue weighted by Gasteiger charge is -2.40. The van der Waals surface area contributed by atoms with Crippen LogP contribution >= 0.6 is 0 Å². The third-order valence-corrected chi connectivity index (χ3v) is 6.22. The normalized spacial score (nSPS) is 15.3. The van der Waals surface area contributed by atoms with Crippen LogP contribution in [-0.4, -0.2) is 22.8 Å². The highest BCUT2D eigenvalue weighted by Gasteiger charge is 2.36. The highest BCUT2D eigenvalue weighted by Crippen LogP contribution is 2.42. The van der Waals surface area contributed by atoms with Gasteiger partial charge < -0.3 is 14.6 Å². The van der Waals surface area contributed by atoms with Crippen LogP contribution in [0, 0.1) is 5.92 Å². The first-order chi connectivity index (χ1) is 15.6. The maximum atomic E-state index is 12.4. The highest BCUT2D eigenvalue weighted by molar-refractivity contribution is 5.71. The quantitative estimate of drug-likeness (QED) is 0.462. The molecule has 5 nitrogen and oxygen atoms in total. The minimum atomic E-state index is -0.798. The van der Waals surface area contributed by atoms with Gasteiger partial charge in [0.25, 0.3) is 0 Å². The first-order valence-electron chi connectivity index (χ1n) is 11.1. The summed E-state index contributed by atoms with van der Waals surface area (Å²) < 4.78 is 11.1. The molecular weight excluding hydrogens is 402 g/mol. The molecule has 4 rings (SSSR count). The van der Waals surface area contributed by atoms with Gasteiger partial charge >= 0.3 is 5.97 Å². The van der Waals surface area contributed by atoms with Crippen LogP contribution in [0.2, 0.25) is 0 Å². The fourth-order valence-electron chi connectivity index (χ4n) is 4.48. The van der Waals surface area contributed by atoms with Crippen molar-refractivity contribution in [1.29, 1.82) is 0 Å². The number of fused-ring (bicyclic) bond motifs is 1. The predicted molar refractivity (Wildman–Crippen MR) is 124 cm³/mol. The average Bonchev–Trinajstić information content (AvgIpc) is 3.30. The Bertz CT molecular complexity index is 1040. The molecule has 0 aliphatic carbocycles. The number of carboxylic acid groups (broad SMARTS) is 1. The van der Waals surface area contributed by atoms with E-state index in [0.29, 0.717) is 24.5 Å². The summed E-state index contributed by atoms with van der Waals surface area (Å²) in [5.41, 5.74) is 3.21. The number of hydrogen-bond acceptors (Lipinski definition) is 4. The van der Waals surface area contributed by atoms with Crippen LogP contribution in [0.1, 0.15) is 49.0 Å². The second kappa shape index (κ2) is 9.88. The van der Waals surface area contributed by atoms with E-state index in [4.69, 9.17) is 9.47 Å². The number of benzene rings is 3. The van der Waals surface area contributed by atoms with Gasteiger partial charge in [0, 0.05) is 18.6 Å². The van der Waals surface area contributed by atoms with Crippen LogP contribution in [0.5, 0.6) is 11.5 Å². The van der Waals surface area contributed by atoms with Gasteiger partial charge in [-0.1, -0.05) is 73.7 Å². The molecule has 0 amide bonds. The molecule has 0 spiro atoms. The number of rotatable bonds is 9. The Kier molecular flexibility index (Phi) is 6.76. The van der Waals surface area contributed by atoms with Crippen LogP contribution in [0.4, 0.5) is 0 Å². The smallest absolute Gasteiger partial charge is 0.308 e. The van der Waals surface area contributed by atoms with Crippen molar-refractivity contribution < 1.29 is 19.4 Å². The summed E-state index contributed by atoms with van der Waals surface area (Å²) in [6.07, 6.45) is 0.515. The summed E-state index contributed by atoms with van der Waals surface area (Å²) in [6, 6.07) is 25.9. The summed E-state index contributed by atoms with van der Waals surface area (Å²) in [5.74, 6) is -0.0138. The topological polar surface area (TPSA) is 59.0 Å². The van der Waals surface area contributed by atoms with Gasteiger partial charge in [0.1, 0.15) is 0 Å². The zero-order chi connectivity index (χ0) is 22.5. The molecule has 1 aliphatic rings. The van der Waals surface area contributed by atoms with Crippen LogP contribution in [0.25, 0.3) is 0 Å². The summed E-state index contributed by atoms with van der Waals surface area (Å²) >= 11 is 0. The van der Waals surface area contributed by atoms with E-state index < -0.39 is 11.9 Å². The van der Waals surface area contributed by atoms with Gasteiger partial charge in [0.05, 0.1) is 5.92 Å². The zero-order valence-electron chi connectivity index (χ0n) is 18.5. The number of ether oxygens (including phenoxy) is 2. The molecule has 1 aliphatic heterocycles. The molecule has 3 atom stereocenters. The Morgan fingerprint density at radius 2 is 1.59 bits per heavy atom. The van der Waals surface area contributed by atoms with E-state index in [-0.39, 0.29) is 18.9 Å². The van der Waals surface area contributed by atoms with E-state index in [1.54, 1.807) is 0 Å². The van der Waals surface area contributed by atoms with Crippen LogP contribution in [-0.2, 0) is 11.3 Å². The Balaban J connectivity index is 1.82. The molecule has 0 saturated carbocycles. The molecule has 0 bridgehead atoms. The Hall–Kier alpha value is -3.31. The maximum Gasteiger partial charge on any atom is 0.308 e. The van der Waals surface area contributed by atoms with E-state index >= 15 is 0 Å². The third-order valence-electron chi connectivity index (χ3n) is 6.22. The summed E-state index contributed by atoms with van der Waals surface area (Å²) in [6.45, 7) is 4.90. The van der Waals surface area contributed by atoms with Crippen molar-refractivity contribution in [3.8, 4) is 11.5 Å². The van der Waals surface area contributed by atoms with E-state index in [0.717, 1.165) is 16.7 Å². The average molecular weight is 432 g/mol. The van der Waals surface area contributed by atoms with Gasteiger partial charge in [-0.3, -0.25) is 9.69 Å².